The molecule has 0 bridgehead atoms. The van der Waals surface area contributed by atoms with Crippen LogP contribution in [0.15, 0.2) is 24.3 Å². The smallest absolute Gasteiger partial charge is 0.126 e. The molecule has 2 unspecified atom stereocenters. The summed E-state index contributed by atoms with van der Waals surface area (Å²) in [6, 6.07) is 7.12. The van der Waals surface area contributed by atoms with Crippen molar-refractivity contribution < 1.29 is 4.39 Å². The number of hydrogen-bond acceptors (Lipinski definition) is 1. The van der Waals surface area contributed by atoms with Crippen molar-refractivity contribution >= 4 is 0 Å². The van der Waals surface area contributed by atoms with E-state index in [0.29, 0.717) is 11.8 Å². The Morgan fingerprint density at radius 3 is 2.50 bits per heavy atom. The van der Waals surface area contributed by atoms with E-state index in [1.54, 1.807) is 12.1 Å². The van der Waals surface area contributed by atoms with Crippen LogP contribution in [0.1, 0.15) is 31.2 Å². The van der Waals surface area contributed by atoms with Gasteiger partial charge in [0.05, 0.1) is 0 Å². The highest BCUT2D eigenvalue weighted by molar-refractivity contribution is 5.18. The van der Waals surface area contributed by atoms with E-state index in [1.807, 2.05) is 12.1 Å². The minimum Gasteiger partial charge on any atom is -0.330 e. The Bertz CT molecular complexity index is 337. The zero-order chi connectivity index (χ0) is 11.4. The van der Waals surface area contributed by atoms with Gasteiger partial charge in [0, 0.05) is 0 Å². The minimum atomic E-state index is -0.0659. The normalized spacial score (nSPS) is 25.6. The van der Waals surface area contributed by atoms with E-state index in [9.17, 15) is 4.39 Å². The molecule has 0 saturated heterocycles. The first-order chi connectivity index (χ1) is 7.81. The number of rotatable bonds is 3. The number of nitrogens with two attached hydrogens (primary N) is 1. The van der Waals surface area contributed by atoms with E-state index in [0.717, 1.165) is 18.5 Å². The molecule has 2 rings (SSSR count). The highest BCUT2D eigenvalue weighted by Crippen LogP contribution is 2.32. The third kappa shape index (κ3) is 2.62. The number of hydrogen-bond donors (Lipinski definition) is 1. The molecule has 1 aliphatic carbocycles. The highest BCUT2D eigenvalue weighted by Gasteiger charge is 2.24. The average Bonchev–Trinajstić information content (AvgIpc) is 2.33. The maximum atomic E-state index is 13.5. The van der Waals surface area contributed by atoms with Crippen LogP contribution >= 0.6 is 0 Å². The Balaban J connectivity index is 2.05. The summed E-state index contributed by atoms with van der Waals surface area (Å²) in [6.07, 6.45) is 5.84. The predicted molar refractivity (Wildman–Crippen MR) is 64.6 cm³/mol. The lowest BCUT2D eigenvalue weighted by atomic mass is 9.76. The molecular formula is C14H20FN. The molecule has 0 radical (unpaired) electrons. The van der Waals surface area contributed by atoms with Crippen LogP contribution in [0, 0.1) is 17.7 Å². The van der Waals surface area contributed by atoms with Gasteiger partial charge in [-0.3, -0.25) is 0 Å². The quantitative estimate of drug-likeness (QED) is 0.833. The highest BCUT2D eigenvalue weighted by atomic mass is 19.1. The monoisotopic (exact) mass is 221 g/mol. The summed E-state index contributed by atoms with van der Waals surface area (Å²) < 4.78 is 13.5. The molecular weight excluding hydrogens is 201 g/mol. The summed E-state index contributed by atoms with van der Waals surface area (Å²) in [5.41, 5.74) is 6.65. The largest absolute Gasteiger partial charge is 0.330 e. The molecule has 0 heterocycles. The molecule has 0 aromatic heterocycles. The fraction of sp³-hybridized carbons (Fsp3) is 0.571. The van der Waals surface area contributed by atoms with Gasteiger partial charge in [0.15, 0.2) is 0 Å². The standard InChI is InChI=1S/C14H20FN/c15-14-8-4-3-6-12(14)9-11-5-1-2-7-13(11)10-16/h3-4,6,8,11,13H,1-2,5,7,9-10,16H2. The van der Waals surface area contributed by atoms with Gasteiger partial charge < -0.3 is 5.73 Å². The van der Waals surface area contributed by atoms with Crippen LogP contribution in [0.5, 0.6) is 0 Å². The van der Waals surface area contributed by atoms with E-state index >= 15 is 0 Å². The summed E-state index contributed by atoms with van der Waals surface area (Å²) in [5, 5.41) is 0. The van der Waals surface area contributed by atoms with Crippen molar-refractivity contribution in [1.29, 1.82) is 0 Å². The molecule has 2 N–H and O–H groups in total. The second-order valence-electron chi connectivity index (χ2n) is 4.84. The SMILES string of the molecule is NCC1CCCCC1Cc1ccccc1F. The van der Waals surface area contributed by atoms with Gasteiger partial charge in [-0.1, -0.05) is 31.0 Å². The van der Waals surface area contributed by atoms with Gasteiger partial charge in [-0.2, -0.15) is 0 Å². The van der Waals surface area contributed by atoms with Gasteiger partial charge in [0.25, 0.3) is 0 Å². The van der Waals surface area contributed by atoms with E-state index in [1.165, 1.54) is 25.7 Å². The van der Waals surface area contributed by atoms with Crippen molar-refractivity contribution in [2.24, 2.45) is 17.6 Å². The Kier molecular flexibility index (Phi) is 3.94. The molecule has 1 fully saturated rings. The summed E-state index contributed by atoms with van der Waals surface area (Å²) in [4.78, 5) is 0. The average molecular weight is 221 g/mol. The van der Waals surface area contributed by atoms with Crippen LogP contribution in [0.4, 0.5) is 4.39 Å². The molecule has 0 aliphatic heterocycles. The van der Waals surface area contributed by atoms with Gasteiger partial charge >= 0.3 is 0 Å². The van der Waals surface area contributed by atoms with Gasteiger partial charge in [-0.05, 0) is 49.3 Å². The van der Waals surface area contributed by atoms with E-state index in [2.05, 4.69) is 0 Å². The zero-order valence-corrected chi connectivity index (χ0v) is 9.66. The van der Waals surface area contributed by atoms with Gasteiger partial charge in [0.1, 0.15) is 5.82 Å². The van der Waals surface area contributed by atoms with Crippen LogP contribution in [-0.2, 0) is 6.42 Å². The molecule has 16 heavy (non-hydrogen) atoms. The van der Waals surface area contributed by atoms with Gasteiger partial charge in [-0.25, -0.2) is 4.39 Å². The Morgan fingerprint density at radius 2 is 1.81 bits per heavy atom. The molecule has 2 heteroatoms. The van der Waals surface area contributed by atoms with E-state index < -0.39 is 0 Å². The van der Waals surface area contributed by atoms with Crippen molar-refractivity contribution in [1.82, 2.24) is 0 Å². The maximum Gasteiger partial charge on any atom is 0.126 e. The molecule has 0 spiro atoms. The van der Waals surface area contributed by atoms with E-state index in [4.69, 9.17) is 5.73 Å². The molecule has 88 valence electrons. The second-order valence-corrected chi connectivity index (χ2v) is 4.84. The minimum absolute atomic E-state index is 0.0659. The van der Waals surface area contributed by atoms with Crippen LogP contribution in [-0.4, -0.2) is 6.54 Å². The van der Waals surface area contributed by atoms with Crippen molar-refractivity contribution in [2.75, 3.05) is 6.54 Å². The third-order valence-corrected chi connectivity index (χ3v) is 3.81. The molecule has 1 aromatic carbocycles. The number of halogens is 1. The fourth-order valence-electron chi connectivity index (χ4n) is 2.81. The second kappa shape index (κ2) is 5.44. The van der Waals surface area contributed by atoms with Crippen molar-refractivity contribution in [3.8, 4) is 0 Å². The van der Waals surface area contributed by atoms with Crippen LogP contribution in [0.25, 0.3) is 0 Å². The summed E-state index contributed by atoms with van der Waals surface area (Å²) in [6.45, 7) is 0.749. The first kappa shape index (κ1) is 11.6. The van der Waals surface area contributed by atoms with Gasteiger partial charge in [0.2, 0.25) is 0 Å². The topological polar surface area (TPSA) is 26.0 Å². The zero-order valence-electron chi connectivity index (χ0n) is 9.66. The summed E-state index contributed by atoms with van der Waals surface area (Å²) in [7, 11) is 0. The lowest BCUT2D eigenvalue weighted by Gasteiger charge is -2.30. The molecule has 2 atom stereocenters. The number of benzene rings is 1. The van der Waals surface area contributed by atoms with Crippen molar-refractivity contribution in [3.05, 3.63) is 35.6 Å². The first-order valence-electron chi connectivity index (χ1n) is 6.24. The van der Waals surface area contributed by atoms with Gasteiger partial charge in [-0.15, -0.1) is 0 Å². The van der Waals surface area contributed by atoms with Crippen LogP contribution in [0.2, 0.25) is 0 Å². The molecule has 1 nitrogen and oxygen atoms in total. The lowest BCUT2D eigenvalue weighted by molar-refractivity contribution is 0.240. The summed E-state index contributed by atoms with van der Waals surface area (Å²) >= 11 is 0. The third-order valence-electron chi connectivity index (χ3n) is 3.81. The van der Waals surface area contributed by atoms with Crippen molar-refractivity contribution in [2.45, 2.75) is 32.1 Å². The Hall–Kier alpha value is -0.890. The van der Waals surface area contributed by atoms with Crippen LogP contribution < -0.4 is 5.73 Å². The maximum absolute atomic E-state index is 13.5. The summed E-state index contributed by atoms with van der Waals surface area (Å²) in [5.74, 6) is 1.10. The van der Waals surface area contributed by atoms with E-state index in [-0.39, 0.29) is 5.82 Å². The first-order valence-corrected chi connectivity index (χ1v) is 6.24. The molecule has 1 aromatic rings. The van der Waals surface area contributed by atoms with Crippen molar-refractivity contribution in [3.63, 3.8) is 0 Å². The Morgan fingerprint density at radius 1 is 1.12 bits per heavy atom. The Labute approximate surface area is 96.9 Å². The molecule has 1 saturated carbocycles. The molecule has 0 amide bonds. The molecule has 1 aliphatic rings. The van der Waals surface area contributed by atoms with Crippen LogP contribution in [0.3, 0.4) is 0 Å². The fourth-order valence-corrected chi connectivity index (χ4v) is 2.81. The predicted octanol–water partition coefficient (Wildman–Crippen LogP) is 3.13. The lowest BCUT2D eigenvalue weighted by Crippen LogP contribution is -2.28.